The monoisotopic (exact) mass is 258 g/mol. The number of amides is 1. The summed E-state index contributed by atoms with van der Waals surface area (Å²) < 4.78 is 0. The first-order valence-electron chi connectivity index (χ1n) is 5.92. The predicted octanol–water partition coefficient (Wildman–Crippen LogP) is -0.129. The molecule has 2 aliphatic rings. The predicted molar refractivity (Wildman–Crippen MR) is 66.0 cm³/mol. The van der Waals surface area contributed by atoms with Crippen LogP contribution in [0.1, 0.15) is 6.92 Å². The van der Waals surface area contributed by atoms with Crippen LogP contribution in [-0.2, 0) is 9.59 Å². The zero-order chi connectivity index (χ0) is 12.4. The molecule has 5 nitrogen and oxygen atoms in total. The molecule has 2 rings (SSSR count). The summed E-state index contributed by atoms with van der Waals surface area (Å²) in [5.74, 6) is 0.744. The van der Waals surface area contributed by atoms with Gasteiger partial charge in [0, 0.05) is 31.1 Å². The van der Waals surface area contributed by atoms with Crippen molar-refractivity contribution in [2.24, 2.45) is 11.8 Å². The molecule has 17 heavy (non-hydrogen) atoms. The van der Waals surface area contributed by atoms with E-state index < -0.39 is 11.9 Å². The zero-order valence-corrected chi connectivity index (χ0v) is 10.7. The highest BCUT2D eigenvalue weighted by Gasteiger charge is 2.39. The number of rotatable bonds is 2. The van der Waals surface area contributed by atoms with Gasteiger partial charge in [-0.05, 0) is 5.92 Å². The molecule has 3 unspecified atom stereocenters. The number of nitrogens with one attached hydrogen (secondary N) is 1. The van der Waals surface area contributed by atoms with Crippen molar-refractivity contribution in [1.29, 1.82) is 0 Å². The minimum atomic E-state index is -0.793. The van der Waals surface area contributed by atoms with Gasteiger partial charge in [0.25, 0.3) is 0 Å². The normalized spacial score (nSPS) is 33.7. The standard InChI is InChI=1S/C11H18N2O3S/c1-7-4-13(5-8(7)11(15)16)10(14)9-6-17-3-2-12-9/h7-9,12H,2-6H2,1H3,(H,15,16). The maximum atomic E-state index is 12.2. The fourth-order valence-electron chi connectivity index (χ4n) is 2.41. The highest BCUT2D eigenvalue weighted by atomic mass is 32.2. The van der Waals surface area contributed by atoms with E-state index in [9.17, 15) is 9.59 Å². The summed E-state index contributed by atoms with van der Waals surface area (Å²) in [6.07, 6.45) is 0. The first-order chi connectivity index (χ1) is 8.09. The van der Waals surface area contributed by atoms with Crippen LogP contribution in [0, 0.1) is 11.8 Å². The number of hydrogen-bond acceptors (Lipinski definition) is 4. The van der Waals surface area contributed by atoms with Crippen LogP contribution in [0.5, 0.6) is 0 Å². The SMILES string of the molecule is CC1CN(C(=O)C2CSCCN2)CC1C(=O)O. The summed E-state index contributed by atoms with van der Waals surface area (Å²) in [4.78, 5) is 24.9. The quantitative estimate of drug-likeness (QED) is 0.722. The van der Waals surface area contributed by atoms with Gasteiger partial charge in [-0.2, -0.15) is 11.8 Å². The Balaban J connectivity index is 1.94. The molecule has 2 saturated heterocycles. The van der Waals surface area contributed by atoms with E-state index in [4.69, 9.17) is 5.11 Å². The van der Waals surface area contributed by atoms with Gasteiger partial charge in [-0.25, -0.2) is 0 Å². The second-order valence-electron chi connectivity index (χ2n) is 4.75. The Labute approximate surface area is 105 Å². The molecule has 0 bridgehead atoms. The Morgan fingerprint density at radius 3 is 2.71 bits per heavy atom. The zero-order valence-electron chi connectivity index (χ0n) is 9.89. The molecule has 0 aromatic carbocycles. The van der Waals surface area contributed by atoms with Gasteiger partial charge in [0.1, 0.15) is 0 Å². The summed E-state index contributed by atoms with van der Waals surface area (Å²) in [5.41, 5.74) is 0. The molecule has 0 aromatic heterocycles. The van der Waals surface area contributed by atoms with E-state index in [0.717, 1.165) is 18.1 Å². The first-order valence-corrected chi connectivity index (χ1v) is 7.07. The third kappa shape index (κ3) is 2.74. The maximum absolute atomic E-state index is 12.2. The summed E-state index contributed by atoms with van der Waals surface area (Å²) in [5, 5.41) is 12.2. The van der Waals surface area contributed by atoms with E-state index in [1.165, 1.54) is 0 Å². The van der Waals surface area contributed by atoms with E-state index >= 15 is 0 Å². The molecule has 2 heterocycles. The Bertz CT molecular complexity index is 318. The third-order valence-electron chi connectivity index (χ3n) is 3.46. The van der Waals surface area contributed by atoms with Crippen molar-refractivity contribution in [2.75, 3.05) is 31.1 Å². The van der Waals surface area contributed by atoms with Crippen LogP contribution in [-0.4, -0.2) is 59.1 Å². The molecule has 1 amide bonds. The van der Waals surface area contributed by atoms with Crippen molar-refractivity contribution in [3.63, 3.8) is 0 Å². The van der Waals surface area contributed by atoms with Crippen LogP contribution in [0.3, 0.4) is 0 Å². The highest BCUT2D eigenvalue weighted by Crippen LogP contribution is 2.24. The molecule has 0 radical (unpaired) electrons. The number of likely N-dealkylation sites (tertiary alicyclic amines) is 1. The van der Waals surface area contributed by atoms with Gasteiger partial charge in [0.2, 0.25) is 5.91 Å². The minimum Gasteiger partial charge on any atom is -0.481 e. The highest BCUT2D eigenvalue weighted by molar-refractivity contribution is 7.99. The molecule has 0 spiro atoms. The van der Waals surface area contributed by atoms with Gasteiger partial charge >= 0.3 is 5.97 Å². The lowest BCUT2D eigenvalue weighted by Gasteiger charge is -2.27. The van der Waals surface area contributed by atoms with E-state index in [-0.39, 0.29) is 17.9 Å². The molecule has 2 N–H and O–H groups in total. The molecule has 0 saturated carbocycles. The number of carbonyl (C=O) groups is 2. The van der Waals surface area contributed by atoms with Crippen molar-refractivity contribution in [1.82, 2.24) is 10.2 Å². The summed E-state index contributed by atoms with van der Waals surface area (Å²) >= 11 is 1.77. The average Bonchev–Trinajstić information content (AvgIpc) is 2.71. The van der Waals surface area contributed by atoms with E-state index in [2.05, 4.69) is 5.32 Å². The summed E-state index contributed by atoms with van der Waals surface area (Å²) in [6, 6.07) is -0.131. The van der Waals surface area contributed by atoms with Gasteiger partial charge in [-0.1, -0.05) is 6.92 Å². The number of nitrogens with zero attached hydrogens (tertiary/aromatic N) is 1. The number of carbonyl (C=O) groups excluding carboxylic acids is 1. The Kier molecular flexibility index (Phi) is 3.93. The van der Waals surface area contributed by atoms with Crippen LogP contribution in [0.4, 0.5) is 0 Å². The fourth-order valence-corrected chi connectivity index (χ4v) is 3.34. The van der Waals surface area contributed by atoms with Crippen LogP contribution in [0.2, 0.25) is 0 Å². The number of hydrogen-bond donors (Lipinski definition) is 2. The number of carboxylic acid groups (broad SMARTS) is 1. The van der Waals surface area contributed by atoms with Crippen LogP contribution in [0.25, 0.3) is 0 Å². The Morgan fingerprint density at radius 1 is 1.41 bits per heavy atom. The van der Waals surface area contributed by atoms with Crippen molar-refractivity contribution in [3.8, 4) is 0 Å². The molecule has 3 atom stereocenters. The molecular formula is C11H18N2O3S. The molecular weight excluding hydrogens is 240 g/mol. The van der Waals surface area contributed by atoms with E-state index in [0.29, 0.717) is 13.1 Å². The van der Waals surface area contributed by atoms with Gasteiger partial charge in [-0.3, -0.25) is 9.59 Å². The van der Waals surface area contributed by atoms with Gasteiger partial charge < -0.3 is 15.3 Å². The van der Waals surface area contributed by atoms with E-state index in [1.54, 1.807) is 16.7 Å². The molecule has 2 aliphatic heterocycles. The molecule has 0 aromatic rings. The minimum absolute atomic E-state index is 0.0488. The number of aliphatic carboxylic acids is 1. The van der Waals surface area contributed by atoms with Crippen molar-refractivity contribution >= 4 is 23.6 Å². The lowest BCUT2D eigenvalue weighted by Crippen LogP contribution is -2.50. The average molecular weight is 258 g/mol. The van der Waals surface area contributed by atoms with E-state index in [1.807, 2.05) is 6.92 Å². The second-order valence-corrected chi connectivity index (χ2v) is 5.90. The Morgan fingerprint density at radius 2 is 2.18 bits per heavy atom. The molecule has 6 heteroatoms. The van der Waals surface area contributed by atoms with Crippen LogP contribution in [0.15, 0.2) is 0 Å². The topological polar surface area (TPSA) is 69.6 Å². The lowest BCUT2D eigenvalue weighted by molar-refractivity contribution is -0.142. The fraction of sp³-hybridized carbons (Fsp3) is 0.818. The molecule has 2 fully saturated rings. The number of carboxylic acids is 1. The largest absolute Gasteiger partial charge is 0.481 e. The number of thioether (sulfide) groups is 1. The van der Waals surface area contributed by atoms with Gasteiger partial charge in [0.05, 0.1) is 12.0 Å². The van der Waals surface area contributed by atoms with Crippen molar-refractivity contribution in [2.45, 2.75) is 13.0 Å². The lowest BCUT2D eigenvalue weighted by atomic mass is 9.99. The van der Waals surface area contributed by atoms with Crippen molar-refractivity contribution in [3.05, 3.63) is 0 Å². The smallest absolute Gasteiger partial charge is 0.308 e. The van der Waals surface area contributed by atoms with Gasteiger partial charge in [-0.15, -0.1) is 0 Å². The van der Waals surface area contributed by atoms with Crippen molar-refractivity contribution < 1.29 is 14.7 Å². The molecule has 0 aliphatic carbocycles. The first kappa shape index (κ1) is 12.7. The maximum Gasteiger partial charge on any atom is 0.308 e. The summed E-state index contributed by atoms with van der Waals surface area (Å²) in [7, 11) is 0. The Hall–Kier alpha value is -0.750. The van der Waals surface area contributed by atoms with Gasteiger partial charge in [0.15, 0.2) is 0 Å². The third-order valence-corrected chi connectivity index (χ3v) is 4.52. The molecule has 96 valence electrons. The summed E-state index contributed by atoms with van der Waals surface area (Å²) in [6.45, 7) is 3.68. The second kappa shape index (κ2) is 5.27. The van der Waals surface area contributed by atoms with Crippen LogP contribution >= 0.6 is 11.8 Å². The van der Waals surface area contributed by atoms with Crippen LogP contribution < -0.4 is 5.32 Å².